The van der Waals surface area contributed by atoms with Gasteiger partial charge in [0.05, 0.1) is 23.2 Å². The molecule has 150 valence electrons. The smallest absolute Gasteiger partial charge is 0.253 e. The standard InChI is InChI=1S/C22H24FN5O/c1-15-3-8-21(26-10-9-24)20(11-15)22(29)28-16(2)12-17(13-25)14-27-19-6-4-18(23)5-7-19/h3-11,13-14,16,24H,12,25H2,1-2H3,(H,28,29)/p+1. The number of nitrogens with one attached hydrogen (secondary N) is 1. The summed E-state index contributed by atoms with van der Waals surface area (Å²) in [7, 11) is 0. The first kappa shape index (κ1) is 21.7. The predicted octanol–water partition coefficient (Wildman–Crippen LogP) is 2.42. The van der Waals surface area contributed by atoms with Gasteiger partial charge in [-0.25, -0.2) is 9.38 Å². The SMILES string of the molecule is Cc1ccc(N=CC=[NH2+])c(C(=O)NC(C)CC(C=Nc2ccc(F)cc2)=CN)c1. The third kappa shape index (κ3) is 6.80. The molecule has 0 aliphatic heterocycles. The summed E-state index contributed by atoms with van der Waals surface area (Å²) in [5.41, 5.74) is 8.99. The van der Waals surface area contributed by atoms with Crippen LogP contribution in [0.3, 0.4) is 0 Å². The molecule has 1 unspecified atom stereocenters. The van der Waals surface area contributed by atoms with E-state index >= 15 is 0 Å². The number of rotatable bonds is 8. The van der Waals surface area contributed by atoms with E-state index in [-0.39, 0.29) is 17.8 Å². The third-order valence-corrected chi connectivity index (χ3v) is 4.04. The minimum atomic E-state index is -0.320. The highest BCUT2D eigenvalue weighted by Crippen LogP contribution is 2.21. The highest BCUT2D eigenvalue weighted by Gasteiger charge is 2.14. The fourth-order valence-corrected chi connectivity index (χ4v) is 2.62. The molecule has 0 radical (unpaired) electrons. The maximum atomic E-state index is 13.0. The summed E-state index contributed by atoms with van der Waals surface area (Å²) in [6.45, 7) is 3.78. The molecule has 7 heteroatoms. The third-order valence-electron chi connectivity index (χ3n) is 4.04. The van der Waals surface area contributed by atoms with Crippen LogP contribution in [0.25, 0.3) is 0 Å². The van der Waals surface area contributed by atoms with Gasteiger partial charge in [0.1, 0.15) is 5.82 Å². The first-order valence-electron chi connectivity index (χ1n) is 9.12. The molecule has 0 bridgehead atoms. The second-order valence-electron chi connectivity index (χ2n) is 6.55. The van der Waals surface area contributed by atoms with E-state index in [0.717, 1.165) is 11.1 Å². The summed E-state index contributed by atoms with van der Waals surface area (Å²) >= 11 is 0. The van der Waals surface area contributed by atoms with Crippen molar-refractivity contribution in [1.82, 2.24) is 5.32 Å². The van der Waals surface area contributed by atoms with Crippen LogP contribution in [0.1, 0.15) is 29.3 Å². The number of aliphatic imine (C=N–C) groups is 2. The molecule has 0 fully saturated rings. The topological polar surface area (TPSA) is 105 Å². The Balaban J connectivity index is 2.05. The Morgan fingerprint density at radius 3 is 2.62 bits per heavy atom. The van der Waals surface area contributed by atoms with Crippen LogP contribution in [-0.2, 0) is 0 Å². The van der Waals surface area contributed by atoms with Crippen LogP contribution < -0.4 is 16.5 Å². The molecule has 2 aromatic carbocycles. The van der Waals surface area contributed by atoms with Gasteiger partial charge in [-0.05, 0) is 68.4 Å². The van der Waals surface area contributed by atoms with E-state index in [1.54, 1.807) is 30.5 Å². The van der Waals surface area contributed by atoms with E-state index in [1.165, 1.54) is 30.8 Å². The van der Waals surface area contributed by atoms with Crippen molar-refractivity contribution >= 4 is 35.9 Å². The Morgan fingerprint density at radius 2 is 1.97 bits per heavy atom. The van der Waals surface area contributed by atoms with Gasteiger partial charge in [0, 0.05) is 12.3 Å². The van der Waals surface area contributed by atoms with E-state index in [0.29, 0.717) is 23.4 Å². The summed E-state index contributed by atoms with van der Waals surface area (Å²) in [5.74, 6) is -0.559. The molecule has 5 N–H and O–H groups in total. The molecule has 2 aromatic rings. The average molecular weight is 394 g/mol. The molecule has 1 atom stereocenters. The van der Waals surface area contributed by atoms with Crippen LogP contribution in [0.4, 0.5) is 15.8 Å². The van der Waals surface area contributed by atoms with Gasteiger partial charge in [-0.1, -0.05) is 11.6 Å². The van der Waals surface area contributed by atoms with Crippen molar-refractivity contribution in [2.45, 2.75) is 26.3 Å². The van der Waals surface area contributed by atoms with E-state index in [2.05, 4.69) is 15.3 Å². The van der Waals surface area contributed by atoms with Gasteiger partial charge in [-0.15, -0.1) is 0 Å². The molecule has 2 rings (SSSR count). The lowest BCUT2D eigenvalue weighted by Gasteiger charge is -2.15. The van der Waals surface area contributed by atoms with Gasteiger partial charge >= 0.3 is 0 Å². The molecule has 0 aliphatic carbocycles. The maximum absolute atomic E-state index is 13.0. The van der Waals surface area contributed by atoms with Crippen molar-refractivity contribution in [3.63, 3.8) is 0 Å². The molecular formula is C22H25FN5O+. The van der Waals surface area contributed by atoms with Gasteiger partial charge in [-0.2, -0.15) is 0 Å². The summed E-state index contributed by atoms with van der Waals surface area (Å²) in [5, 5.41) is 8.29. The lowest BCUT2D eigenvalue weighted by molar-refractivity contribution is -0.102. The lowest BCUT2D eigenvalue weighted by atomic mass is 10.1. The molecule has 1 amide bonds. The quantitative estimate of drug-likeness (QED) is 0.598. The summed E-state index contributed by atoms with van der Waals surface area (Å²) in [6, 6.07) is 11.1. The fourth-order valence-electron chi connectivity index (χ4n) is 2.62. The second kappa shape index (κ2) is 10.7. The zero-order valence-corrected chi connectivity index (χ0v) is 16.5. The number of nitrogens with two attached hydrogens (primary N) is 2. The van der Waals surface area contributed by atoms with E-state index in [4.69, 9.17) is 11.1 Å². The van der Waals surface area contributed by atoms with Gasteiger partial charge in [0.15, 0.2) is 6.21 Å². The number of benzene rings is 2. The first-order chi connectivity index (χ1) is 13.9. The van der Waals surface area contributed by atoms with Crippen LogP contribution in [0, 0.1) is 12.7 Å². The normalized spacial score (nSPS) is 13.0. The number of hydrogen-bond donors (Lipinski definition) is 3. The largest absolute Gasteiger partial charge is 0.404 e. The number of carbonyl (C=O) groups is 1. The van der Waals surface area contributed by atoms with E-state index in [9.17, 15) is 9.18 Å². The molecule has 0 saturated heterocycles. The molecule has 0 aromatic heterocycles. The molecule has 6 nitrogen and oxygen atoms in total. The highest BCUT2D eigenvalue weighted by molar-refractivity contribution is 6.14. The van der Waals surface area contributed by atoms with E-state index in [1.807, 2.05) is 19.9 Å². The van der Waals surface area contributed by atoms with Crippen molar-refractivity contribution in [3.8, 4) is 0 Å². The van der Waals surface area contributed by atoms with Crippen molar-refractivity contribution in [2.24, 2.45) is 15.7 Å². The highest BCUT2D eigenvalue weighted by atomic mass is 19.1. The molecular weight excluding hydrogens is 369 g/mol. The van der Waals surface area contributed by atoms with Crippen LogP contribution in [-0.4, -0.2) is 30.6 Å². The molecule has 0 spiro atoms. The zero-order valence-electron chi connectivity index (χ0n) is 16.5. The lowest BCUT2D eigenvalue weighted by Crippen LogP contribution is -2.33. The van der Waals surface area contributed by atoms with Crippen LogP contribution in [0.15, 0.2) is 64.2 Å². The predicted molar refractivity (Wildman–Crippen MR) is 116 cm³/mol. The Bertz CT molecular complexity index is 948. The van der Waals surface area contributed by atoms with Gasteiger partial charge in [0.25, 0.3) is 5.91 Å². The Hall–Kier alpha value is -3.61. The minimum Gasteiger partial charge on any atom is -0.404 e. The summed E-state index contributed by atoms with van der Waals surface area (Å²) in [6.07, 6.45) is 6.27. The Morgan fingerprint density at radius 1 is 1.24 bits per heavy atom. The zero-order chi connectivity index (χ0) is 21.2. The molecule has 0 saturated carbocycles. The minimum absolute atomic E-state index is 0.199. The van der Waals surface area contributed by atoms with Crippen LogP contribution in [0.2, 0.25) is 0 Å². The molecule has 29 heavy (non-hydrogen) atoms. The number of halogens is 1. The summed E-state index contributed by atoms with van der Waals surface area (Å²) in [4.78, 5) is 21.2. The monoisotopic (exact) mass is 394 g/mol. The van der Waals surface area contributed by atoms with Crippen molar-refractivity contribution in [3.05, 3.63) is 71.2 Å². The van der Waals surface area contributed by atoms with Crippen LogP contribution >= 0.6 is 0 Å². The van der Waals surface area contributed by atoms with Crippen molar-refractivity contribution < 1.29 is 14.6 Å². The number of aryl methyl sites for hydroxylation is 1. The van der Waals surface area contributed by atoms with Gasteiger partial charge in [-0.3, -0.25) is 15.2 Å². The average Bonchev–Trinajstić information content (AvgIpc) is 2.71. The Labute approximate surface area is 169 Å². The fraction of sp³-hybridized carbons (Fsp3) is 0.182. The maximum Gasteiger partial charge on any atom is 0.253 e. The first-order valence-corrected chi connectivity index (χ1v) is 9.12. The number of hydrogen-bond acceptors (Lipinski definition) is 4. The van der Waals surface area contributed by atoms with Gasteiger partial charge in [0.2, 0.25) is 0 Å². The number of carbonyl (C=O) groups excluding carboxylic acids is 1. The Kier molecular flexibility index (Phi) is 7.97. The van der Waals surface area contributed by atoms with Crippen LogP contribution in [0.5, 0.6) is 0 Å². The van der Waals surface area contributed by atoms with Crippen molar-refractivity contribution in [1.29, 1.82) is 0 Å². The molecule has 0 heterocycles. The van der Waals surface area contributed by atoms with Gasteiger partial charge < -0.3 is 11.1 Å². The second-order valence-corrected chi connectivity index (χ2v) is 6.55. The molecule has 0 aliphatic rings. The van der Waals surface area contributed by atoms with E-state index < -0.39 is 0 Å². The summed E-state index contributed by atoms with van der Waals surface area (Å²) < 4.78 is 13.0. The number of nitrogens with zero attached hydrogens (tertiary/aromatic N) is 2. The van der Waals surface area contributed by atoms with Crippen molar-refractivity contribution in [2.75, 3.05) is 0 Å². The number of amides is 1.